The van der Waals surface area contributed by atoms with Gasteiger partial charge in [0.05, 0.1) is 5.56 Å². The quantitative estimate of drug-likeness (QED) is 0.582. The average molecular weight is 283 g/mol. The summed E-state index contributed by atoms with van der Waals surface area (Å²) in [6.07, 6.45) is 0. The van der Waals surface area contributed by atoms with Gasteiger partial charge in [-0.1, -0.05) is 6.07 Å². The monoisotopic (exact) mass is 283 g/mol. The molecule has 0 aliphatic carbocycles. The lowest BCUT2D eigenvalue weighted by molar-refractivity contribution is -0.498. The summed E-state index contributed by atoms with van der Waals surface area (Å²) in [5.41, 5.74) is 2.72. The third-order valence-electron chi connectivity index (χ3n) is 2.31. The van der Waals surface area contributed by atoms with Crippen molar-refractivity contribution in [3.05, 3.63) is 55.1 Å². The van der Waals surface area contributed by atoms with Gasteiger partial charge in [0.1, 0.15) is 0 Å². The fourth-order valence-corrected chi connectivity index (χ4v) is 1.56. The number of hydrogen-bond donors (Lipinski definition) is 1. The molecule has 1 N–H and O–H groups in total. The zero-order valence-corrected chi connectivity index (χ0v) is 10.7. The Labute approximate surface area is 113 Å². The van der Waals surface area contributed by atoms with Gasteiger partial charge < -0.3 is 4.84 Å². The molecule has 1 aromatic carbocycles. The summed E-state index contributed by atoms with van der Waals surface area (Å²) in [5.74, 6) is -0.767. The SMILES string of the molecule is CCNOC(=O)c1ccc(C[N+](=O)[O-])cc1C[N+](=O)[O-]. The van der Waals surface area contributed by atoms with Crippen LogP contribution in [0.25, 0.3) is 0 Å². The number of hydroxylamine groups is 1. The Bertz CT molecular complexity index is 531. The summed E-state index contributed by atoms with van der Waals surface area (Å²) in [4.78, 5) is 36.2. The average Bonchev–Trinajstić information content (AvgIpc) is 2.34. The van der Waals surface area contributed by atoms with E-state index in [9.17, 15) is 25.0 Å². The molecule has 20 heavy (non-hydrogen) atoms. The van der Waals surface area contributed by atoms with Crippen molar-refractivity contribution in [2.45, 2.75) is 20.0 Å². The van der Waals surface area contributed by atoms with Crippen LogP contribution >= 0.6 is 0 Å². The van der Waals surface area contributed by atoms with Gasteiger partial charge in [-0.2, -0.15) is 5.48 Å². The molecule has 108 valence electrons. The molecule has 0 radical (unpaired) electrons. The van der Waals surface area contributed by atoms with Crippen LogP contribution in [0.3, 0.4) is 0 Å². The van der Waals surface area contributed by atoms with Crippen molar-refractivity contribution in [2.75, 3.05) is 6.54 Å². The van der Waals surface area contributed by atoms with E-state index in [1.54, 1.807) is 6.92 Å². The van der Waals surface area contributed by atoms with Gasteiger partial charge >= 0.3 is 5.97 Å². The fraction of sp³-hybridized carbons (Fsp3) is 0.364. The maximum Gasteiger partial charge on any atom is 0.357 e. The second-order valence-electron chi connectivity index (χ2n) is 3.86. The summed E-state index contributed by atoms with van der Waals surface area (Å²) in [5, 5.41) is 21.0. The Morgan fingerprint density at radius 3 is 2.45 bits per heavy atom. The topological polar surface area (TPSA) is 125 Å². The minimum Gasteiger partial charge on any atom is -0.367 e. The van der Waals surface area contributed by atoms with Crippen LogP contribution in [0.5, 0.6) is 0 Å². The van der Waals surface area contributed by atoms with Crippen molar-refractivity contribution >= 4 is 5.97 Å². The van der Waals surface area contributed by atoms with E-state index in [4.69, 9.17) is 0 Å². The van der Waals surface area contributed by atoms with Gasteiger partial charge in [-0.15, -0.1) is 0 Å². The number of hydrogen-bond acceptors (Lipinski definition) is 7. The van der Waals surface area contributed by atoms with Crippen LogP contribution in [0.1, 0.15) is 28.4 Å². The third kappa shape index (κ3) is 4.61. The molecule has 0 bridgehead atoms. The number of carbonyl (C=O) groups excluding carboxylic acids is 1. The van der Waals surface area contributed by atoms with Gasteiger partial charge in [-0.3, -0.25) is 20.2 Å². The molecule has 1 rings (SSSR count). The number of nitrogens with one attached hydrogen (secondary N) is 1. The van der Waals surface area contributed by atoms with Crippen molar-refractivity contribution in [1.82, 2.24) is 5.48 Å². The summed E-state index contributed by atoms with van der Waals surface area (Å²) in [6, 6.07) is 3.93. The maximum absolute atomic E-state index is 11.7. The molecular weight excluding hydrogens is 270 g/mol. The molecule has 1 aromatic rings. The molecule has 9 nitrogen and oxygen atoms in total. The van der Waals surface area contributed by atoms with Crippen molar-refractivity contribution in [3.63, 3.8) is 0 Å². The van der Waals surface area contributed by atoms with Gasteiger partial charge in [0.2, 0.25) is 13.1 Å². The summed E-state index contributed by atoms with van der Waals surface area (Å²) < 4.78 is 0. The van der Waals surface area contributed by atoms with E-state index in [1.807, 2.05) is 0 Å². The van der Waals surface area contributed by atoms with E-state index in [0.717, 1.165) is 0 Å². The van der Waals surface area contributed by atoms with Crippen LogP contribution < -0.4 is 5.48 Å². The first-order valence-corrected chi connectivity index (χ1v) is 5.73. The molecule has 0 fully saturated rings. The zero-order valence-electron chi connectivity index (χ0n) is 10.7. The Morgan fingerprint density at radius 1 is 1.25 bits per heavy atom. The van der Waals surface area contributed by atoms with Crippen molar-refractivity contribution in [1.29, 1.82) is 0 Å². The lowest BCUT2D eigenvalue weighted by atomic mass is 10.0. The highest BCUT2D eigenvalue weighted by Crippen LogP contribution is 2.15. The number of benzene rings is 1. The minimum atomic E-state index is -0.767. The summed E-state index contributed by atoms with van der Waals surface area (Å²) in [7, 11) is 0. The normalized spacial score (nSPS) is 10.1. The molecular formula is C11H13N3O6. The third-order valence-corrected chi connectivity index (χ3v) is 2.31. The molecule has 9 heteroatoms. The standard InChI is InChI=1S/C11H13N3O6/c1-2-12-20-11(15)10-4-3-8(6-13(16)17)5-9(10)7-14(18)19/h3-5,12H,2,6-7H2,1H3. The largest absolute Gasteiger partial charge is 0.367 e. The molecule has 0 saturated carbocycles. The van der Waals surface area contributed by atoms with Crippen molar-refractivity contribution in [3.8, 4) is 0 Å². The van der Waals surface area contributed by atoms with Crippen LogP contribution in [-0.2, 0) is 17.9 Å². The van der Waals surface area contributed by atoms with E-state index in [0.29, 0.717) is 6.54 Å². The van der Waals surface area contributed by atoms with E-state index < -0.39 is 28.9 Å². The van der Waals surface area contributed by atoms with Crippen molar-refractivity contribution < 1.29 is 19.5 Å². The second-order valence-corrected chi connectivity index (χ2v) is 3.86. The number of nitrogens with zero attached hydrogens (tertiary/aromatic N) is 2. The minimum absolute atomic E-state index is 0.00903. The van der Waals surface area contributed by atoms with Crippen molar-refractivity contribution in [2.24, 2.45) is 0 Å². The summed E-state index contributed by atoms with van der Waals surface area (Å²) in [6.45, 7) is 1.02. The molecule has 0 unspecified atom stereocenters. The first-order valence-electron chi connectivity index (χ1n) is 5.73. The molecule has 0 aliphatic heterocycles. The van der Waals surface area contributed by atoms with E-state index in [1.165, 1.54) is 18.2 Å². The highest BCUT2D eigenvalue weighted by Gasteiger charge is 2.18. The predicted octanol–water partition coefficient (Wildman–Crippen LogP) is 0.921. The number of carbonyl (C=O) groups is 1. The van der Waals surface area contributed by atoms with Gasteiger partial charge in [0.25, 0.3) is 0 Å². The first kappa shape index (κ1) is 15.5. The molecule has 0 aromatic heterocycles. The highest BCUT2D eigenvalue weighted by atomic mass is 16.7. The van der Waals surface area contributed by atoms with Crippen LogP contribution in [0, 0.1) is 20.2 Å². The Kier molecular flexibility index (Phi) is 5.54. The molecule has 0 heterocycles. The van der Waals surface area contributed by atoms with E-state index in [-0.39, 0.29) is 16.7 Å². The summed E-state index contributed by atoms with van der Waals surface area (Å²) >= 11 is 0. The van der Waals surface area contributed by atoms with Crippen LogP contribution in [0.4, 0.5) is 0 Å². The molecule has 0 atom stereocenters. The Balaban J connectivity index is 3.05. The molecule has 0 aliphatic rings. The van der Waals surface area contributed by atoms with Crippen LogP contribution in [-0.4, -0.2) is 22.4 Å². The molecule has 0 amide bonds. The first-order chi connectivity index (χ1) is 9.43. The smallest absolute Gasteiger partial charge is 0.357 e. The lowest BCUT2D eigenvalue weighted by Crippen LogP contribution is -2.21. The highest BCUT2D eigenvalue weighted by molar-refractivity contribution is 5.91. The van der Waals surface area contributed by atoms with Crippen LogP contribution in [0.15, 0.2) is 18.2 Å². The predicted molar refractivity (Wildman–Crippen MR) is 66.9 cm³/mol. The van der Waals surface area contributed by atoms with Gasteiger partial charge in [-0.25, -0.2) is 4.79 Å². The molecule has 0 spiro atoms. The second kappa shape index (κ2) is 7.14. The maximum atomic E-state index is 11.7. The van der Waals surface area contributed by atoms with E-state index in [2.05, 4.69) is 10.3 Å². The Morgan fingerprint density at radius 2 is 1.90 bits per heavy atom. The number of nitro groups is 2. The van der Waals surface area contributed by atoms with Gasteiger partial charge in [0, 0.05) is 27.5 Å². The van der Waals surface area contributed by atoms with Gasteiger partial charge in [0.15, 0.2) is 0 Å². The fourth-order valence-electron chi connectivity index (χ4n) is 1.56. The van der Waals surface area contributed by atoms with E-state index >= 15 is 0 Å². The zero-order chi connectivity index (χ0) is 15.1. The Hall–Kier alpha value is -2.55. The molecule has 0 saturated heterocycles. The van der Waals surface area contributed by atoms with Gasteiger partial charge in [-0.05, 0) is 19.1 Å². The van der Waals surface area contributed by atoms with Crippen LogP contribution in [0.2, 0.25) is 0 Å². The lowest BCUT2D eigenvalue weighted by Gasteiger charge is -2.07. The number of rotatable bonds is 7.